The number of benzene rings is 1. The first kappa shape index (κ1) is 13.8. The first-order valence-electron chi connectivity index (χ1n) is 6.68. The molecular formula is C16H14N4O2. The molecule has 0 aliphatic heterocycles. The van der Waals surface area contributed by atoms with E-state index in [0.29, 0.717) is 12.5 Å². The minimum atomic E-state index is 0.0544. The van der Waals surface area contributed by atoms with Gasteiger partial charge in [0.05, 0.1) is 0 Å². The van der Waals surface area contributed by atoms with Gasteiger partial charge in [0.25, 0.3) is 0 Å². The fraction of sp³-hybridized carbons (Fsp3) is 0.0625. The van der Waals surface area contributed by atoms with E-state index in [-0.39, 0.29) is 6.01 Å². The van der Waals surface area contributed by atoms with Gasteiger partial charge in [-0.3, -0.25) is 4.98 Å². The van der Waals surface area contributed by atoms with E-state index in [1.165, 1.54) is 0 Å². The maximum atomic E-state index is 5.69. The molecule has 0 aliphatic rings. The molecule has 0 bridgehead atoms. The Balaban J connectivity index is 1.59. The molecule has 1 aromatic carbocycles. The van der Waals surface area contributed by atoms with Crippen LogP contribution < -0.4 is 10.5 Å². The molecule has 0 saturated carbocycles. The Hall–Kier alpha value is -3.15. The van der Waals surface area contributed by atoms with E-state index in [0.717, 1.165) is 16.9 Å². The fourth-order valence-corrected chi connectivity index (χ4v) is 1.81. The molecule has 0 atom stereocenters. The Kier molecular flexibility index (Phi) is 4.10. The summed E-state index contributed by atoms with van der Waals surface area (Å²) in [7, 11) is 0. The zero-order valence-corrected chi connectivity index (χ0v) is 11.7. The lowest BCUT2D eigenvalue weighted by atomic mass is 10.2. The van der Waals surface area contributed by atoms with E-state index in [4.69, 9.17) is 14.9 Å². The molecular weight excluding hydrogens is 280 g/mol. The number of rotatable bonds is 5. The van der Waals surface area contributed by atoms with Crippen molar-refractivity contribution in [3.63, 3.8) is 0 Å². The summed E-state index contributed by atoms with van der Waals surface area (Å²) in [5.74, 6) is 1.16. The third-order valence-electron chi connectivity index (χ3n) is 2.88. The molecule has 3 aromatic rings. The summed E-state index contributed by atoms with van der Waals surface area (Å²) in [6, 6.07) is 11.6. The first-order chi connectivity index (χ1) is 10.8. The van der Waals surface area contributed by atoms with E-state index >= 15 is 0 Å². The molecule has 3 rings (SSSR count). The lowest BCUT2D eigenvalue weighted by molar-refractivity contribution is 0.306. The SMILES string of the molecule is Nc1nnc(/C=C/c2ccc(OCc3cccnc3)cc2)o1. The Labute approximate surface area is 127 Å². The van der Waals surface area contributed by atoms with Crippen LogP contribution >= 0.6 is 0 Å². The van der Waals surface area contributed by atoms with Gasteiger partial charge >= 0.3 is 6.01 Å². The van der Waals surface area contributed by atoms with Crippen LogP contribution in [0.1, 0.15) is 17.0 Å². The standard InChI is InChI=1S/C16H14N4O2/c17-16-20-19-15(22-16)8-5-12-3-6-14(7-4-12)21-11-13-2-1-9-18-10-13/h1-10H,11H2,(H2,17,20)/b8-5+. The summed E-state index contributed by atoms with van der Waals surface area (Å²) >= 11 is 0. The summed E-state index contributed by atoms with van der Waals surface area (Å²) in [5, 5.41) is 7.33. The molecule has 0 unspecified atom stereocenters. The number of hydrogen-bond acceptors (Lipinski definition) is 6. The van der Waals surface area contributed by atoms with E-state index < -0.39 is 0 Å². The van der Waals surface area contributed by atoms with Crippen molar-refractivity contribution in [3.8, 4) is 5.75 Å². The normalized spacial score (nSPS) is 10.9. The van der Waals surface area contributed by atoms with Crippen LogP contribution in [0.3, 0.4) is 0 Å². The van der Waals surface area contributed by atoms with Crippen LogP contribution in [0.25, 0.3) is 12.2 Å². The highest BCUT2D eigenvalue weighted by Gasteiger charge is 1.98. The number of hydrogen-bond donors (Lipinski definition) is 1. The van der Waals surface area contributed by atoms with Gasteiger partial charge in [0.15, 0.2) is 0 Å². The zero-order valence-electron chi connectivity index (χ0n) is 11.7. The van der Waals surface area contributed by atoms with Crippen molar-refractivity contribution < 1.29 is 9.15 Å². The van der Waals surface area contributed by atoms with Gasteiger partial charge in [0, 0.05) is 24.0 Å². The molecule has 0 amide bonds. The van der Waals surface area contributed by atoms with Gasteiger partial charge in [-0.1, -0.05) is 23.3 Å². The van der Waals surface area contributed by atoms with Crippen LogP contribution in [0.4, 0.5) is 6.01 Å². The number of nitrogens with zero attached hydrogens (tertiary/aromatic N) is 3. The van der Waals surface area contributed by atoms with Crippen LogP contribution in [0, 0.1) is 0 Å². The van der Waals surface area contributed by atoms with Crippen LogP contribution in [-0.4, -0.2) is 15.2 Å². The number of anilines is 1. The fourth-order valence-electron chi connectivity index (χ4n) is 1.81. The van der Waals surface area contributed by atoms with Crippen molar-refractivity contribution in [2.75, 3.05) is 5.73 Å². The Bertz CT molecular complexity index is 751. The van der Waals surface area contributed by atoms with E-state index in [1.807, 2.05) is 42.5 Å². The predicted molar refractivity (Wildman–Crippen MR) is 82.6 cm³/mol. The second-order valence-corrected chi connectivity index (χ2v) is 4.53. The summed E-state index contributed by atoms with van der Waals surface area (Å²) in [6.07, 6.45) is 7.08. The summed E-state index contributed by atoms with van der Waals surface area (Å²) < 4.78 is 10.7. The second kappa shape index (κ2) is 6.53. The van der Waals surface area contributed by atoms with Crippen molar-refractivity contribution in [2.45, 2.75) is 6.61 Å². The van der Waals surface area contributed by atoms with Crippen LogP contribution in [0.5, 0.6) is 5.75 Å². The average Bonchev–Trinajstić information content (AvgIpc) is 2.98. The Morgan fingerprint density at radius 1 is 1.09 bits per heavy atom. The maximum Gasteiger partial charge on any atom is 0.313 e. The second-order valence-electron chi connectivity index (χ2n) is 4.53. The first-order valence-corrected chi connectivity index (χ1v) is 6.68. The van der Waals surface area contributed by atoms with E-state index in [1.54, 1.807) is 18.5 Å². The Morgan fingerprint density at radius 3 is 2.64 bits per heavy atom. The molecule has 6 heteroatoms. The number of aromatic nitrogens is 3. The minimum Gasteiger partial charge on any atom is -0.489 e. The zero-order chi connectivity index (χ0) is 15.2. The lowest BCUT2D eigenvalue weighted by Gasteiger charge is -2.05. The average molecular weight is 294 g/mol. The maximum absolute atomic E-state index is 5.69. The quantitative estimate of drug-likeness (QED) is 0.778. The monoisotopic (exact) mass is 294 g/mol. The van der Waals surface area contributed by atoms with Gasteiger partial charge in [-0.05, 0) is 29.8 Å². The van der Waals surface area contributed by atoms with Crippen LogP contribution in [0.15, 0.2) is 53.2 Å². The molecule has 0 spiro atoms. The van der Waals surface area contributed by atoms with E-state index in [2.05, 4.69) is 15.2 Å². The van der Waals surface area contributed by atoms with Crippen molar-refractivity contribution >= 4 is 18.2 Å². The highest BCUT2D eigenvalue weighted by atomic mass is 16.5. The van der Waals surface area contributed by atoms with Crippen LogP contribution in [0.2, 0.25) is 0 Å². The third-order valence-corrected chi connectivity index (χ3v) is 2.88. The highest BCUT2D eigenvalue weighted by molar-refractivity contribution is 5.66. The van der Waals surface area contributed by atoms with Gasteiger partial charge in [0.1, 0.15) is 12.4 Å². The molecule has 2 heterocycles. The largest absolute Gasteiger partial charge is 0.489 e. The predicted octanol–water partition coefficient (Wildman–Crippen LogP) is 2.80. The van der Waals surface area contributed by atoms with Gasteiger partial charge in [0.2, 0.25) is 5.89 Å². The summed E-state index contributed by atoms with van der Waals surface area (Å²) in [4.78, 5) is 4.05. The summed E-state index contributed by atoms with van der Waals surface area (Å²) in [6.45, 7) is 0.490. The highest BCUT2D eigenvalue weighted by Crippen LogP contribution is 2.16. The lowest BCUT2D eigenvalue weighted by Crippen LogP contribution is -1.95. The molecule has 6 nitrogen and oxygen atoms in total. The Morgan fingerprint density at radius 2 is 1.95 bits per heavy atom. The number of pyridine rings is 1. The molecule has 2 N–H and O–H groups in total. The van der Waals surface area contributed by atoms with Gasteiger partial charge in [-0.25, -0.2) is 0 Å². The smallest absolute Gasteiger partial charge is 0.313 e. The minimum absolute atomic E-state index is 0.0544. The van der Waals surface area contributed by atoms with Crippen molar-refractivity contribution in [1.82, 2.24) is 15.2 Å². The topological polar surface area (TPSA) is 87.1 Å². The summed E-state index contributed by atoms with van der Waals surface area (Å²) in [5.41, 5.74) is 7.37. The molecule has 22 heavy (non-hydrogen) atoms. The van der Waals surface area contributed by atoms with Crippen molar-refractivity contribution in [3.05, 3.63) is 65.8 Å². The number of ether oxygens (including phenoxy) is 1. The van der Waals surface area contributed by atoms with E-state index in [9.17, 15) is 0 Å². The number of nitrogens with two attached hydrogens (primary N) is 1. The van der Waals surface area contributed by atoms with Gasteiger partial charge in [-0.2, -0.15) is 0 Å². The van der Waals surface area contributed by atoms with Crippen LogP contribution in [-0.2, 0) is 6.61 Å². The molecule has 0 saturated heterocycles. The van der Waals surface area contributed by atoms with Gasteiger partial charge in [-0.15, -0.1) is 5.10 Å². The van der Waals surface area contributed by atoms with Crippen molar-refractivity contribution in [2.24, 2.45) is 0 Å². The molecule has 2 aromatic heterocycles. The van der Waals surface area contributed by atoms with Gasteiger partial charge < -0.3 is 14.9 Å². The molecule has 0 radical (unpaired) electrons. The molecule has 0 aliphatic carbocycles. The van der Waals surface area contributed by atoms with Crippen molar-refractivity contribution in [1.29, 1.82) is 0 Å². The third kappa shape index (κ3) is 3.69. The molecule has 0 fully saturated rings. The molecule has 110 valence electrons. The number of nitrogen functional groups attached to an aromatic ring is 1.